The lowest BCUT2D eigenvalue weighted by molar-refractivity contribution is 0.120. The Kier molecular flexibility index (Phi) is 7.76. The van der Waals surface area contributed by atoms with Gasteiger partial charge in [0.15, 0.2) is 17.5 Å². The first-order chi connectivity index (χ1) is 14.2. The SMILES string of the molecule is CCNC(=NCc1ccc(Oc2ccccc2OC)cc1)NC1CCC(O)CC1. The van der Waals surface area contributed by atoms with Crippen molar-refractivity contribution in [3.8, 4) is 17.2 Å². The predicted octanol–water partition coefficient (Wildman–Crippen LogP) is 3.85. The van der Waals surface area contributed by atoms with Gasteiger partial charge < -0.3 is 25.2 Å². The first-order valence-corrected chi connectivity index (χ1v) is 10.3. The van der Waals surface area contributed by atoms with Crippen LogP contribution in [0.5, 0.6) is 17.2 Å². The number of hydrogen-bond acceptors (Lipinski definition) is 4. The topological polar surface area (TPSA) is 75.1 Å². The second kappa shape index (κ2) is 10.7. The zero-order valence-electron chi connectivity index (χ0n) is 17.2. The molecule has 0 amide bonds. The largest absolute Gasteiger partial charge is 0.493 e. The van der Waals surface area contributed by atoms with Crippen LogP contribution in [0.25, 0.3) is 0 Å². The molecule has 0 saturated heterocycles. The molecule has 1 saturated carbocycles. The maximum Gasteiger partial charge on any atom is 0.191 e. The lowest BCUT2D eigenvalue weighted by Gasteiger charge is -2.27. The van der Waals surface area contributed by atoms with E-state index >= 15 is 0 Å². The number of nitrogens with zero attached hydrogens (tertiary/aromatic N) is 1. The van der Waals surface area contributed by atoms with Crippen LogP contribution in [-0.2, 0) is 6.54 Å². The van der Waals surface area contributed by atoms with Gasteiger partial charge in [-0.2, -0.15) is 0 Å². The second-order valence-corrected chi connectivity index (χ2v) is 7.24. The Hall–Kier alpha value is -2.73. The van der Waals surface area contributed by atoms with Crippen molar-refractivity contribution in [1.82, 2.24) is 10.6 Å². The molecule has 0 unspecified atom stereocenters. The summed E-state index contributed by atoms with van der Waals surface area (Å²) in [5.74, 6) is 2.98. The molecule has 0 spiro atoms. The van der Waals surface area contributed by atoms with Crippen molar-refractivity contribution in [3.05, 3.63) is 54.1 Å². The van der Waals surface area contributed by atoms with Crippen LogP contribution in [0.4, 0.5) is 0 Å². The Morgan fingerprint density at radius 3 is 2.38 bits per heavy atom. The highest BCUT2D eigenvalue weighted by molar-refractivity contribution is 5.80. The first kappa shape index (κ1) is 21.0. The highest BCUT2D eigenvalue weighted by atomic mass is 16.5. The Morgan fingerprint density at radius 1 is 1.03 bits per heavy atom. The van der Waals surface area contributed by atoms with Gasteiger partial charge >= 0.3 is 0 Å². The highest BCUT2D eigenvalue weighted by Gasteiger charge is 2.19. The highest BCUT2D eigenvalue weighted by Crippen LogP contribution is 2.30. The van der Waals surface area contributed by atoms with E-state index in [9.17, 15) is 5.11 Å². The van der Waals surface area contributed by atoms with Gasteiger partial charge in [-0.15, -0.1) is 0 Å². The summed E-state index contributed by atoms with van der Waals surface area (Å²) in [6, 6.07) is 15.9. The fourth-order valence-corrected chi connectivity index (χ4v) is 3.40. The first-order valence-electron chi connectivity index (χ1n) is 10.3. The molecule has 0 heterocycles. The summed E-state index contributed by atoms with van der Waals surface area (Å²) in [6.07, 6.45) is 3.50. The molecule has 0 radical (unpaired) electrons. The maximum atomic E-state index is 9.67. The number of guanidine groups is 1. The Morgan fingerprint density at radius 2 is 1.72 bits per heavy atom. The minimum Gasteiger partial charge on any atom is -0.493 e. The number of aliphatic hydroxyl groups excluding tert-OH is 1. The number of aliphatic imine (C=N–C) groups is 1. The summed E-state index contributed by atoms with van der Waals surface area (Å²) in [7, 11) is 1.63. The number of ether oxygens (including phenoxy) is 2. The summed E-state index contributed by atoms with van der Waals surface area (Å²) < 4.78 is 11.2. The minimum atomic E-state index is -0.149. The molecule has 6 nitrogen and oxygen atoms in total. The van der Waals surface area contributed by atoms with E-state index in [4.69, 9.17) is 14.5 Å². The van der Waals surface area contributed by atoms with Gasteiger partial charge in [-0.3, -0.25) is 0 Å². The van der Waals surface area contributed by atoms with Crippen LogP contribution >= 0.6 is 0 Å². The lowest BCUT2D eigenvalue weighted by Crippen LogP contribution is -2.45. The van der Waals surface area contributed by atoms with Gasteiger partial charge in [-0.05, 0) is 62.4 Å². The molecule has 3 N–H and O–H groups in total. The molecule has 0 aromatic heterocycles. The van der Waals surface area contributed by atoms with Crippen molar-refractivity contribution in [2.75, 3.05) is 13.7 Å². The fraction of sp³-hybridized carbons (Fsp3) is 0.435. The standard InChI is InChI=1S/C23H31N3O3/c1-3-24-23(26-18-10-12-19(27)13-11-18)25-16-17-8-14-20(15-9-17)29-22-7-5-4-6-21(22)28-2/h4-9,14-15,18-19,27H,3,10-13,16H2,1-2H3,(H2,24,25,26). The zero-order valence-corrected chi connectivity index (χ0v) is 17.2. The van der Waals surface area contributed by atoms with Gasteiger partial charge in [0.1, 0.15) is 5.75 Å². The van der Waals surface area contributed by atoms with E-state index in [1.54, 1.807) is 7.11 Å². The molecule has 1 aliphatic rings. The van der Waals surface area contributed by atoms with Gasteiger partial charge in [0.2, 0.25) is 0 Å². The molecule has 1 aliphatic carbocycles. The molecule has 0 bridgehead atoms. The third kappa shape index (κ3) is 6.39. The van der Waals surface area contributed by atoms with E-state index < -0.39 is 0 Å². The number of rotatable bonds is 7. The van der Waals surface area contributed by atoms with Crippen LogP contribution in [0.1, 0.15) is 38.2 Å². The van der Waals surface area contributed by atoms with E-state index in [0.29, 0.717) is 24.1 Å². The van der Waals surface area contributed by atoms with Crippen molar-refractivity contribution in [2.45, 2.75) is 51.3 Å². The van der Waals surface area contributed by atoms with Crippen LogP contribution in [-0.4, -0.2) is 36.9 Å². The summed E-state index contributed by atoms with van der Waals surface area (Å²) in [4.78, 5) is 4.71. The number of nitrogens with one attached hydrogen (secondary N) is 2. The maximum absolute atomic E-state index is 9.67. The molecule has 2 aromatic rings. The van der Waals surface area contributed by atoms with Crippen LogP contribution in [0, 0.1) is 0 Å². The van der Waals surface area contributed by atoms with Crippen LogP contribution in [0.3, 0.4) is 0 Å². The van der Waals surface area contributed by atoms with E-state index in [2.05, 4.69) is 17.6 Å². The Bertz CT molecular complexity index is 784. The summed E-state index contributed by atoms with van der Waals surface area (Å²) in [5.41, 5.74) is 1.11. The molecule has 29 heavy (non-hydrogen) atoms. The van der Waals surface area contributed by atoms with Gasteiger partial charge in [-0.25, -0.2) is 4.99 Å². The van der Waals surface area contributed by atoms with Crippen LogP contribution in [0.2, 0.25) is 0 Å². The number of methoxy groups -OCH3 is 1. The molecule has 156 valence electrons. The quantitative estimate of drug-likeness (QED) is 0.489. The summed E-state index contributed by atoms with van der Waals surface area (Å²) in [5, 5.41) is 16.5. The third-order valence-corrected chi connectivity index (χ3v) is 5.02. The average Bonchev–Trinajstić information content (AvgIpc) is 2.75. The van der Waals surface area contributed by atoms with Crippen LogP contribution in [0.15, 0.2) is 53.5 Å². The predicted molar refractivity (Wildman–Crippen MR) is 116 cm³/mol. The van der Waals surface area contributed by atoms with Crippen molar-refractivity contribution in [3.63, 3.8) is 0 Å². The van der Waals surface area contributed by atoms with Gasteiger partial charge in [0.05, 0.1) is 19.8 Å². The average molecular weight is 398 g/mol. The number of aliphatic hydroxyl groups is 1. The van der Waals surface area contributed by atoms with Crippen molar-refractivity contribution in [2.24, 2.45) is 4.99 Å². The normalized spacial score (nSPS) is 19.5. The summed E-state index contributed by atoms with van der Waals surface area (Å²) >= 11 is 0. The summed E-state index contributed by atoms with van der Waals surface area (Å²) in [6.45, 7) is 3.46. The molecule has 6 heteroatoms. The molecule has 2 aromatic carbocycles. The second-order valence-electron chi connectivity index (χ2n) is 7.24. The molecular formula is C23H31N3O3. The van der Waals surface area contributed by atoms with Crippen LogP contribution < -0.4 is 20.1 Å². The van der Waals surface area contributed by atoms with Crippen molar-refractivity contribution < 1.29 is 14.6 Å². The van der Waals surface area contributed by atoms with E-state index in [1.807, 2.05) is 48.5 Å². The number of hydrogen-bond donors (Lipinski definition) is 3. The van der Waals surface area contributed by atoms with Gasteiger partial charge in [0.25, 0.3) is 0 Å². The molecule has 1 fully saturated rings. The number of benzene rings is 2. The molecule has 3 rings (SSSR count). The third-order valence-electron chi connectivity index (χ3n) is 5.02. The molecule has 0 aliphatic heterocycles. The smallest absolute Gasteiger partial charge is 0.191 e. The van der Waals surface area contributed by atoms with Gasteiger partial charge in [-0.1, -0.05) is 24.3 Å². The van der Waals surface area contributed by atoms with E-state index in [-0.39, 0.29) is 6.10 Å². The Balaban J connectivity index is 1.58. The Labute approximate surface area is 173 Å². The lowest BCUT2D eigenvalue weighted by atomic mass is 9.93. The van der Waals surface area contributed by atoms with Crippen molar-refractivity contribution in [1.29, 1.82) is 0 Å². The molecular weight excluding hydrogens is 366 g/mol. The number of para-hydroxylation sites is 2. The fourth-order valence-electron chi connectivity index (χ4n) is 3.40. The zero-order chi connectivity index (χ0) is 20.5. The minimum absolute atomic E-state index is 0.149. The van der Waals surface area contributed by atoms with Gasteiger partial charge in [0, 0.05) is 12.6 Å². The molecule has 0 atom stereocenters. The van der Waals surface area contributed by atoms with Crippen molar-refractivity contribution >= 4 is 5.96 Å². The van der Waals surface area contributed by atoms with E-state index in [0.717, 1.165) is 49.5 Å². The monoisotopic (exact) mass is 397 g/mol. The van der Waals surface area contributed by atoms with E-state index in [1.165, 1.54) is 0 Å².